The predicted octanol–water partition coefficient (Wildman–Crippen LogP) is 2.99. The zero-order chi connectivity index (χ0) is 11.2. The summed E-state index contributed by atoms with van der Waals surface area (Å²) in [6, 6.07) is 0. The van der Waals surface area contributed by atoms with Gasteiger partial charge in [0.15, 0.2) is 6.30 Å². The SMILES string of the molecule is CCN1C=CC=CC1F.F[B-](F)(F)F. The topological polar surface area (TPSA) is 3.24 Å². The Morgan fingerprint density at radius 3 is 2.00 bits per heavy atom. The predicted molar refractivity (Wildman–Crippen MR) is 45.7 cm³/mol. The number of rotatable bonds is 1. The fourth-order valence-corrected chi connectivity index (χ4v) is 0.789. The molecule has 14 heavy (non-hydrogen) atoms. The van der Waals surface area contributed by atoms with Gasteiger partial charge in [0.2, 0.25) is 0 Å². The van der Waals surface area contributed by atoms with Crippen molar-refractivity contribution in [3.63, 3.8) is 0 Å². The molecule has 0 amide bonds. The zero-order valence-electron chi connectivity index (χ0n) is 7.51. The van der Waals surface area contributed by atoms with Crippen LogP contribution in [-0.2, 0) is 0 Å². The second kappa shape index (κ2) is 5.67. The first-order valence-corrected chi connectivity index (χ1v) is 3.96. The van der Waals surface area contributed by atoms with Gasteiger partial charge >= 0.3 is 7.25 Å². The van der Waals surface area contributed by atoms with E-state index in [9.17, 15) is 21.7 Å². The maximum atomic E-state index is 12.6. The van der Waals surface area contributed by atoms with E-state index >= 15 is 0 Å². The standard InChI is InChI=1S/C7H10FN.BF4/c1-2-9-6-4-3-5-7(9)8;2-1(3,4)5/h3-7H,2H2,1H3;/q;-1. The molecule has 82 valence electrons. The van der Waals surface area contributed by atoms with Gasteiger partial charge < -0.3 is 22.2 Å². The molecule has 0 fully saturated rings. The molecule has 1 unspecified atom stereocenters. The first-order valence-electron chi connectivity index (χ1n) is 3.96. The van der Waals surface area contributed by atoms with Crippen molar-refractivity contribution in [1.82, 2.24) is 4.90 Å². The lowest BCUT2D eigenvalue weighted by Gasteiger charge is -2.21. The first-order chi connectivity index (χ1) is 6.34. The molecule has 1 heterocycles. The van der Waals surface area contributed by atoms with Crippen LogP contribution in [0.5, 0.6) is 0 Å². The van der Waals surface area contributed by atoms with Crippen LogP contribution in [0, 0.1) is 0 Å². The van der Waals surface area contributed by atoms with Gasteiger partial charge in [-0.3, -0.25) is 0 Å². The minimum absolute atomic E-state index is 0.724. The van der Waals surface area contributed by atoms with Crippen LogP contribution in [0.3, 0.4) is 0 Å². The molecular formula is C7H10BF5N-. The highest BCUT2D eigenvalue weighted by Gasteiger charge is 2.20. The Morgan fingerprint density at radius 1 is 1.21 bits per heavy atom. The molecule has 1 aliphatic rings. The van der Waals surface area contributed by atoms with Gasteiger partial charge in [-0.15, -0.1) is 0 Å². The fraction of sp³-hybridized carbons (Fsp3) is 0.429. The van der Waals surface area contributed by atoms with Crippen LogP contribution in [0.4, 0.5) is 21.7 Å². The maximum Gasteiger partial charge on any atom is 0.673 e. The molecule has 0 aromatic carbocycles. The molecule has 0 N–H and O–H groups in total. The van der Waals surface area contributed by atoms with E-state index in [1.807, 2.05) is 13.0 Å². The third-order valence-electron chi connectivity index (χ3n) is 1.34. The molecule has 0 spiro atoms. The lowest BCUT2D eigenvalue weighted by molar-refractivity contribution is 0.182. The normalized spacial score (nSPS) is 20.4. The average Bonchev–Trinajstić information content (AvgIpc) is 2.02. The summed E-state index contributed by atoms with van der Waals surface area (Å²) in [6.07, 6.45) is 5.92. The van der Waals surface area contributed by atoms with E-state index in [1.54, 1.807) is 17.2 Å². The Kier molecular flexibility index (Phi) is 5.26. The molecule has 1 rings (SSSR count). The minimum Gasteiger partial charge on any atom is -0.418 e. The number of alkyl halides is 1. The molecular weight excluding hydrogens is 204 g/mol. The number of hydrogen-bond acceptors (Lipinski definition) is 1. The van der Waals surface area contributed by atoms with Crippen LogP contribution >= 0.6 is 0 Å². The van der Waals surface area contributed by atoms with E-state index in [0.29, 0.717) is 0 Å². The fourth-order valence-electron chi connectivity index (χ4n) is 0.789. The molecule has 1 atom stereocenters. The third-order valence-corrected chi connectivity index (χ3v) is 1.34. The van der Waals surface area contributed by atoms with E-state index in [0.717, 1.165) is 6.54 Å². The second-order valence-corrected chi connectivity index (χ2v) is 2.42. The number of allylic oxidation sites excluding steroid dienone is 2. The summed E-state index contributed by atoms with van der Waals surface area (Å²) in [7, 11) is -6.00. The van der Waals surface area contributed by atoms with Gasteiger partial charge in [0.1, 0.15) is 0 Å². The summed E-state index contributed by atoms with van der Waals surface area (Å²) in [5, 5.41) is 0. The molecule has 0 aromatic rings. The lowest BCUT2D eigenvalue weighted by atomic mass is 10.3. The Labute approximate surface area is 79.0 Å². The van der Waals surface area contributed by atoms with Crippen LogP contribution in [0.25, 0.3) is 0 Å². The maximum absolute atomic E-state index is 12.6. The summed E-state index contributed by atoms with van der Waals surface area (Å²) in [6.45, 7) is 2.65. The van der Waals surface area contributed by atoms with Gasteiger partial charge in [0.05, 0.1) is 0 Å². The lowest BCUT2D eigenvalue weighted by Crippen LogP contribution is -2.25. The Morgan fingerprint density at radius 2 is 1.71 bits per heavy atom. The van der Waals surface area contributed by atoms with Crippen molar-refractivity contribution in [3.8, 4) is 0 Å². The van der Waals surface area contributed by atoms with Gasteiger partial charge in [0.25, 0.3) is 0 Å². The van der Waals surface area contributed by atoms with E-state index in [1.165, 1.54) is 6.08 Å². The molecule has 0 aliphatic carbocycles. The van der Waals surface area contributed by atoms with E-state index < -0.39 is 13.6 Å². The van der Waals surface area contributed by atoms with E-state index in [2.05, 4.69) is 0 Å². The number of hydrogen-bond donors (Lipinski definition) is 0. The highest BCUT2D eigenvalue weighted by atomic mass is 19.5. The molecule has 0 bridgehead atoms. The number of likely N-dealkylation sites (N-methyl/N-ethyl adjacent to an activating group) is 1. The smallest absolute Gasteiger partial charge is 0.418 e. The van der Waals surface area contributed by atoms with Crippen LogP contribution < -0.4 is 0 Å². The van der Waals surface area contributed by atoms with Crippen molar-refractivity contribution in [2.24, 2.45) is 0 Å². The van der Waals surface area contributed by atoms with Crippen molar-refractivity contribution in [2.75, 3.05) is 6.54 Å². The van der Waals surface area contributed by atoms with Crippen LogP contribution in [-0.4, -0.2) is 25.0 Å². The molecule has 0 aromatic heterocycles. The molecule has 1 nitrogen and oxygen atoms in total. The summed E-state index contributed by atoms with van der Waals surface area (Å²) in [5.74, 6) is 0. The van der Waals surface area contributed by atoms with Gasteiger partial charge in [-0.1, -0.05) is 6.08 Å². The van der Waals surface area contributed by atoms with E-state index in [-0.39, 0.29) is 0 Å². The van der Waals surface area contributed by atoms with Crippen molar-refractivity contribution in [2.45, 2.75) is 13.2 Å². The van der Waals surface area contributed by atoms with Crippen LogP contribution in [0.2, 0.25) is 0 Å². The summed E-state index contributed by atoms with van der Waals surface area (Å²) in [4.78, 5) is 1.62. The average molecular weight is 214 g/mol. The molecule has 0 saturated carbocycles. The van der Waals surface area contributed by atoms with Crippen molar-refractivity contribution in [1.29, 1.82) is 0 Å². The largest absolute Gasteiger partial charge is 0.673 e. The number of nitrogens with zero attached hydrogens (tertiary/aromatic N) is 1. The Bertz CT molecular complexity index is 207. The highest BCUT2D eigenvalue weighted by Crippen LogP contribution is 2.07. The summed E-state index contributed by atoms with van der Waals surface area (Å²) >= 11 is 0. The second-order valence-electron chi connectivity index (χ2n) is 2.42. The Balaban J connectivity index is 0.000000292. The molecule has 0 radical (unpaired) electrons. The van der Waals surface area contributed by atoms with Crippen molar-refractivity contribution < 1.29 is 21.7 Å². The molecule has 1 aliphatic heterocycles. The van der Waals surface area contributed by atoms with Gasteiger partial charge in [-0.05, 0) is 19.1 Å². The highest BCUT2D eigenvalue weighted by molar-refractivity contribution is 6.50. The van der Waals surface area contributed by atoms with Crippen LogP contribution in [0.1, 0.15) is 6.92 Å². The molecule has 7 heteroatoms. The minimum atomic E-state index is -6.00. The van der Waals surface area contributed by atoms with Crippen molar-refractivity contribution >= 4 is 7.25 Å². The van der Waals surface area contributed by atoms with Gasteiger partial charge in [-0.25, -0.2) is 4.39 Å². The Hall–Kier alpha value is -1.01. The molecule has 0 saturated heterocycles. The monoisotopic (exact) mass is 214 g/mol. The van der Waals surface area contributed by atoms with Gasteiger partial charge in [0, 0.05) is 12.7 Å². The summed E-state index contributed by atoms with van der Waals surface area (Å²) < 4.78 is 51.6. The van der Waals surface area contributed by atoms with Crippen molar-refractivity contribution in [3.05, 3.63) is 24.4 Å². The van der Waals surface area contributed by atoms with E-state index in [4.69, 9.17) is 0 Å². The quantitative estimate of drug-likeness (QED) is 0.368. The summed E-state index contributed by atoms with van der Waals surface area (Å²) in [5.41, 5.74) is 0. The third kappa shape index (κ3) is 7.63. The number of halogens is 5. The van der Waals surface area contributed by atoms with Gasteiger partial charge in [-0.2, -0.15) is 0 Å². The zero-order valence-corrected chi connectivity index (χ0v) is 7.51. The van der Waals surface area contributed by atoms with Crippen LogP contribution in [0.15, 0.2) is 24.4 Å². The first kappa shape index (κ1) is 13.0.